The number of hydrogen-bond acceptors (Lipinski definition) is 3. The van der Waals surface area contributed by atoms with Crippen molar-refractivity contribution in [1.29, 1.82) is 0 Å². The first-order chi connectivity index (χ1) is 5.68. The molecule has 12 heavy (non-hydrogen) atoms. The van der Waals surface area contributed by atoms with Crippen molar-refractivity contribution in [2.45, 2.75) is 32.6 Å². The second-order valence-corrected chi connectivity index (χ2v) is 3.83. The van der Waals surface area contributed by atoms with Gasteiger partial charge in [-0.2, -0.15) is 0 Å². The SMILES string of the molecule is Cc1c(N)noc1C1CC(C)C1. The van der Waals surface area contributed by atoms with Crippen molar-refractivity contribution in [2.75, 3.05) is 5.73 Å². The highest BCUT2D eigenvalue weighted by Gasteiger charge is 2.31. The fourth-order valence-corrected chi connectivity index (χ4v) is 1.86. The molecule has 0 atom stereocenters. The second kappa shape index (κ2) is 2.51. The Morgan fingerprint density at radius 3 is 2.58 bits per heavy atom. The van der Waals surface area contributed by atoms with Gasteiger partial charge >= 0.3 is 0 Å². The molecule has 3 heteroatoms. The number of hydrogen-bond donors (Lipinski definition) is 1. The van der Waals surface area contributed by atoms with Gasteiger partial charge in [0.2, 0.25) is 0 Å². The molecule has 2 N–H and O–H groups in total. The molecule has 3 nitrogen and oxygen atoms in total. The molecule has 0 unspecified atom stereocenters. The normalized spacial score (nSPS) is 28.5. The molecule has 0 amide bonds. The Bertz CT molecular complexity index is 287. The van der Waals surface area contributed by atoms with E-state index in [-0.39, 0.29) is 0 Å². The number of nitrogens with zero attached hydrogens (tertiary/aromatic N) is 1. The first kappa shape index (κ1) is 7.65. The van der Waals surface area contributed by atoms with Crippen molar-refractivity contribution < 1.29 is 4.52 Å². The highest BCUT2D eigenvalue weighted by molar-refractivity contribution is 5.40. The summed E-state index contributed by atoms with van der Waals surface area (Å²) in [5, 5.41) is 3.75. The van der Waals surface area contributed by atoms with E-state index >= 15 is 0 Å². The van der Waals surface area contributed by atoms with Crippen molar-refractivity contribution >= 4 is 5.82 Å². The lowest BCUT2D eigenvalue weighted by Gasteiger charge is -2.30. The lowest BCUT2D eigenvalue weighted by molar-refractivity contribution is 0.233. The zero-order valence-corrected chi connectivity index (χ0v) is 7.50. The molecule has 0 bridgehead atoms. The van der Waals surface area contributed by atoms with Crippen molar-refractivity contribution in [2.24, 2.45) is 5.92 Å². The molecule has 0 radical (unpaired) electrons. The highest BCUT2D eigenvalue weighted by atomic mass is 16.5. The summed E-state index contributed by atoms with van der Waals surface area (Å²) in [6.45, 7) is 4.23. The zero-order valence-electron chi connectivity index (χ0n) is 7.50. The van der Waals surface area contributed by atoms with Gasteiger partial charge in [-0.3, -0.25) is 0 Å². The summed E-state index contributed by atoms with van der Waals surface area (Å²) in [4.78, 5) is 0. The van der Waals surface area contributed by atoms with Crippen LogP contribution in [-0.2, 0) is 0 Å². The minimum atomic E-state index is 0.546. The molecule has 1 aliphatic rings. The molecule has 1 aliphatic carbocycles. The van der Waals surface area contributed by atoms with Crippen LogP contribution in [0.25, 0.3) is 0 Å². The van der Waals surface area contributed by atoms with Gasteiger partial charge in [0.05, 0.1) is 0 Å². The minimum absolute atomic E-state index is 0.546. The molecule has 1 heterocycles. The predicted octanol–water partition coefficient (Wildman–Crippen LogP) is 2.08. The van der Waals surface area contributed by atoms with E-state index < -0.39 is 0 Å². The van der Waals surface area contributed by atoms with Crippen LogP contribution < -0.4 is 5.73 Å². The van der Waals surface area contributed by atoms with Gasteiger partial charge in [-0.25, -0.2) is 0 Å². The average molecular weight is 166 g/mol. The Morgan fingerprint density at radius 1 is 1.50 bits per heavy atom. The fraction of sp³-hybridized carbons (Fsp3) is 0.667. The van der Waals surface area contributed by atoms with Crippen LogP contribution in [-0.4, -0.2) is 5.16 Å². The summed E-state index contributed by atoms with van der Waals surface area (Å²) in [6.07, 6.45) is 2.44. The van der Waals surface area contributed by atoms with Crippen LogP contribution >= 0.6 is 0 Å². The maximum atomic E-state index is 5.59. The molecule has 66 valence electrons. The molecule has 1 aromatic heterocycles. The van der Waals surface area contributed by atoms with Crippen molar-refractivity contribution in [3.8, 4) is 0 Å². The van der Waals surface area contributed by atoms with E-state index in [2.05, 4.69) is 12.1 Å². The van der Waals surface area contributed by atoms with Gasteiger partial charge in [0, 0.05) is 11.5 Å². The third kappa shape index (κ3) is 1.00. The van der Waals surface area contributed by atoms with Crippen molar-refractivity contribution in [1.82, 2.24) is 5.16 Å². The maximum absolute atomic E-state index is 5.59. The van der Waals surface area contributed by atoms with E-state index in [9.17, 15) is 0 Å². The van der Waals surface area contributed by atoms with E-state index in [1.807, 2.05) is 6.92 Å². The third-order valence-corrected chi connectivity index (χ3v) is 2.74. The predicted molar refractivity (Wildman–Crippen MR) is 46.8 cm³/mol. The molecule has 0 saturated heterocycles. The molecule has 0 aromatic carbocycles. The van der Waals surface area contributed by atoms with E-state index in [4.69, 9.17) is 10.3 Å². The molecular weight excluding hydrogens is 152 g/mol. The largest absolute Gasteiger partial charge is 0.381 e. The molecule has 1 saturated carbocycles. The molecule has 0 aliphatic heterocycles. The smallest absolute Gasteiger partial charge is 0.170 e. The average Bonchev–Trinajstić information content (AvgIpc) is 2.28. The van der Waals surface area contributed by atoms with Crippen LogP contribution in [0.1, 0.15) is 37.0 Å². The summed E-state index contributed by atoms with van der Waals surface area (Å²) < 4.78 is 5.17. The van der Waals surface area contributed by atoms with Crippen molar-refractivity contribution in [3.63, 3.8) is 0 Å². The van der Waals surface area contributed by atoms with Crippen LogP contribution in [0.2, 0.25) is 0 Å². The maximum Gasteiger partial charge on any atom is 0.170 e. The Kier molecular flexibility index (Phi) is 1.60. The molecule has 2 rings (SSSR count). The highest BCUT2D eigenvalue weighted by Crippen LogP contribution is 2.42. The van der Waals surface area contributed by atoms with Crippen LogP contribution in [0, 0.1) is 12.8 Å². The zero-order chi connectivity index (χ0) is 8.72. The summed E-state index contributed by atoms with van der Waals surface area (Å²) in [5.41, 5.74) is 6.62. The van der Waals surface area contributed by atoms with E-state index in [1.54, 1.807) is 0 Å². The van der Waals surface area contributed by atoms with Gasteiger partial charge in [-0.15, -0.1) is 0 Å². The lowest BCUT2D eigenvalue weighted by atomic mass is 9.74. The van der Waals surface area contributed by atoms with Gasteiger partial charge in [0.15, 0.2) is 5.82 Å². The Balaban J connectivity index is 2.18. The lowest BCUT2D eigenvalue weighted by Crippen LogP contribution is -2.19. The first-order valence-corrected chi connectivity index (χ1v) is 4.40. The topological polar surface area (TPSA) is 52.0 Å². The van der Waals surface area contributed by atoms with Gasteiger partial charge in [0.25, 0.3) is 0 Å². The van der Waals surface area contributed by atoms with Crippen LogP contribution in [0.5, 0.6) is 0 Å². The molecule has 1 aromatic rings. The van der Waals surface area contributed by atoms with Gasteiger partial charge in [-0.05, 0) is 25.7 Å². The van der Waals surface area contributed by atoms with Gasteiger partial charge in [0.1, 0.15) is 5.76 Å². The van der Waals surface area contributed by atoms with E-state index in [0.717, 1.165) is 17.2 Å². The van der Waals surface area contributed by atoms with E-state index in [0.29, 0.717) is 11.7 Å². The van der Waals surface area contributed by atoms with Gasteiger partial charge < -0.3 is 10.3 Å². The standard InChI is InChI=1S/C9H14N2O/c1-5-3-7(4-5)8-6(2)9(10)11-12-8/h5,7H,3-4H2,1-2H3,(H2,10,11). The minimum Gasteiger partial charge on any atom is -0.381 e. The number of aromatic nitrogens is 1. The number of rotatable bonds is 1. The van der Waals surface area contributed by atoms with E-state index in [1.165, 1.54) is 12.8 Å². The molecule has 0 spiro atoms. The monoisotopic (exact) mass is 166 g/mol. The summed E-state index contributed by atoms with van der Waals surface area (Å²) >= 11 is 0. The molecular formula is C9H14N2O. The van der Waals surface area contributed by atoms with Crippen molar-refractivity contribution in [3.05, 3.63) is 11.3 Å². The number of nitrogen functional groups attached to an aromatic ring is 1. The number of anilines is 1. The van der Waals surface area contributed by atoms with Crippen LogP contribution in [0.4, 0.5) is 5.82 Å². The molecule has 1 fully saturated rings. The van der Waals surface area contributed by atoms with Gasteiger partial charge in [-0.1, -0.05) is 12.1 Å². The Hall–Kier alpha value is -0.990. The summed E-state index contributed by atoms with van der Waals surface area (Å²) in [6, 6.07) is 0. The third-order valence-electron chi connectivity index (χ3n) is 2.74. The Labute approximate surface area is 71.9 Å². The number of nitrogens with two attached hydrogens (primary N) is 1. The quantitative estimate of drug-likeness (QED) is 0.694. The first-order valence-electron chi connectivity index (χ1n) is 4.40. The van der Waals surface area contributed by atoms with Crippen LogP contribution in [0.3, 0.4) is 0 Å². The summed E-state index contributed by atoms with van der Waals surface area (Å²) in [7, 11) is 0. The summed E-state index contributed by atoms with van der Waals surface area (Å²) in [5.74, 6) is 2.96. The second-order valence-electron chi connectivity index (χ2n) is 3.83. The fourth-order valence-electron chi connectivity index (χ4n) is 1.86. The van der Waals surface area contributed by atoms with Crippen LogP contribution in [0.15, 0.2) is 4.52 Å². The Morgan fingerprint density at radius 2 is 2.17 bits per heavy atom.